The molecule has 0 spiro atoms. The Labute approximate surface area is 71.9 Å². The number of aromatic hydroxyl groups is 1. The van der Waals surface area contributed by atoms with Crippen molar-refractivity contribution in [3.05, 3.63) is 29.3 Å². The van der Waals surface area contributed by atoms with Crippen LogP contribution in [0.3, 0.4) is 0 Å². The Morgan fingerprint density at radius 2 is 2.25 bits per heavy atom. The molecule has 0 unspecified atom stereocenters. The second-order valence-corrected chi connectivity index (χ2v) is 2.59. The molecule has 3 heteroatoms. The summed E-state index contributed by atoms with van der Waals surface area (Å²) in [7, 11) is 1.57. The average molecular weight is 167 g/mol. The van der Waals surface area contributed by atoms with Gasteiger partial charge in [-0.1, -0.05) is 12.1 Å². The van der Waals surface area contributed by atoms with Crippen LogP contribution in [0.2, 0.25) is 0 Å². The minimum absolute atomic E-state index is 0.324. The van der Waals surface area contributed by atoms with Gasteiger partial charge >= 0.3 is 0 Å². The van der Waals surface area contributed by atoms with Gasteiger partial charge in [-0.25, -0.2) is 0 Å². The van der Waals surface area contributed by atoms with Gasteiger partial charge in [-0.2, -0.15) is 5.48 Å². The first kappa shape index (κ1) is 9.03. The van der Waals surface area contributed by atoms with Gasteiger partial charge in [0.05, 0.1) is 7.11 Å². The van der Waals surface area contributed by atoms with E-state index in [1.54, 1.807) is 13.2 Å². The van der Waals surface area contributed by atoms with E-state index in [2.05, 4.69) is 5.48 Å². The highest BCUT2D eigenvalue weighted by atomic mass is 16.6. The summed E-state index contributed by atoms with van der Waals surface area (Å²) in [6.45, 7) is 2.48. The fraction of sp³-hybridized carbons (Fsp3) is 0.333. The van der Waals surface area contributed by atoms with Crippen molar-refractivity contribution in [2.24, 2.45) is 0 Å². The summed E-state index contributed by atoms with van der Waals surface area (Å²) < 4.78 is 0. The Morgan fingerprint density at radius 1 is 1.50 bits per heavy atom. The summed E-state index contributed by atoms with van der Waals surface area (Å²) in [6, 6.07) is 5.43. The van der Waals surface area contributed by atoms with E-state index in [0.29, 0.717) is 12.3 Å². The number of benzene rings is 1. The summed E-state index contributed by atoms with van der Waals surface area (Å²) in [4.78, 5) is 4.71. The Morgan fingerprint density at radius 3 is 2.92 bits per heavy atom. The molecule has 0 amide bonds. The van der Waals surface area contributed by atoms with Crippen LogP contribution in [0.4, 0.5) is 0 Å². The third kappa shape index (κ3) is 1.96. The Kier molecular flexibility index (Phi) is 3.08. The predicted molar refractivity (Wildman–Crippen MR) is 46.7 cm³/mol. The Balaban J connectivity index is 2.78. The largest absolute Gasteiger partial charge is 0.508 e. The van der Waals surface area contributed by atoms with Crippen LogP contribution in [0.1, 0.15) is 11.1 Å². The van der Waals surface area contributed by atoms with Gasteiger partial charge in [0.1, 0.15) is 5.75 Å². The van der Waals surface area contributed by atoms with Gasteiger partial charge in [0.25, 0.3) is 0 Å². The first-order valence-electron chi connectivity index (χ1n) is 3.79. The van der Waals surface area contributed by atoms with Gasteiger partial charge < -0.3 is 9.94 Å². The number of rotatable bonds is 3. The van der Waals surface area contributed by atoms with Crippen LogP contribution in [0.25, 0.3) is 0 Å². The van der Waals surface area contributed by atoms with Gasteiger partial charge in [0.2, 0.25) is 0 Å². The monoisotopic (exact) mass is 167 g/mol. The number of nitrogens with one attached hydrogen (secondary N) is 1. The van der Waals surface area contributed by atoms with E-state index in [0.717, 1.165) is 11.1 Å². The van der Waals surface area contributed by atoms with E-state index in [9.17, 15) is 5.11 Å². The number of hydrogen-bond acceptors (Lipinski definition) is 3. The van der Waals surface area contributed by atoms with E-state index in [1.807, 2.05) is 19.1 Å². The lowest BCUT2D eigenvalue weighted by molar-refractivity contribution is 0.0865. The van der Waals surface area contributed by atoms with Crippen molar-refractivity contribution in [2.45, 2.75) is 13.5 Å². The van der Waals surface area contributed by atoms with E-state index < -0.39 is 0 Å². The summed E-state index contributed by atoms with van der Waals surface area (Å²) in [5.41, 5.74) is 4.65. The summed E-state index contributed by atoms with van der Waals surface area (Å²) >= 11 is 0. The minimum atomic E-state index is 0.324. The highest BCUT2D eigenvalue weighted by Gasteiger charge is 2.00. The molecule has 66 valence electrons. The van der Waals surface area contributed by atoms with E-state index in [1.165, 1.54) is 0 Å². The van der Waals surface area contributed by atoms with Crippen molar-refractivity contribution >= 4 is 0 Å². The molecule has 0 saturated heterocycles. The second-order valence-electron chi connectivity index (χ2n) is 2.59. The third-order valence-electron chi connectivity index (χ3n) is 1.82. The van der Waals surface area contributed by atoms with E-state index in [-0.39, 0.29) is 0 Å². The van der Waals surface area contributed by atoms with Crippen molar-refractivity contribution in [3.8, 4) is 5.75 Å². The standard InChI is InChI=1S/C9H13NO2/c1-7-8(6-10-12-2)4-3-5-9(7)11/h3-5,10-11H,6H2,1-2H3. The topological polar surface area (TPSA) is 41.5 Å². The number of phenolic OH excluding ortho intramolecular Hbond substituents is 1. The van der Waals surface area contributed by atoms with E-state index >= 15 is 0 Å². The molecule has 12 heavy (non-hydrogen) atoms. The predicted octanol–water partition coefficient (Wildman–Crippen LogP) is 1.35. The zero-order valence-corrected chi connectivity index (χ0v) is 7.29. The molecule has 1 aromatic rings. The van der Waals surface area contributed by atoms with Gasteiger partial charge in [-0.15, -0.1) is 0 Å². The van der Waals surface area contributed by atoms with Crippen molar-refractivity contribution in [1.29, 1.82) is 0 Å². The van der Waals surface area contributed by atoms with Crippen molar-refractivity contribution in [2.75, 3.05) is 7.11 Å². The Bertz CT molecular complexity index is 261. The molecule has 0 aromatic heterocycles. The quantitative estimate of drug-likeness (QED) is 0.668. The van der Waals surface area contributed by atoms with Crippen LogP contribution in [0.15, 0.2) is 18.2 Å². The molecule has 1 aromatic carbocycles. The summed E-state index contributed by atoms with van der Waals surface area (Å²) in [6.07, 6.45) is 0. The van der Waals surface area contributed by atoms with Crippen LogP contribution >= 0.6 is 0 Å². The highest BCUT2D eigenvalue weighted by molar-refractivity contribution is 5.37. The molecule has 0 atom stereocenters. The molecule has 0 aliphatic rings. The molecule has 0 heterocycles. The van der Waals surface area contributed by atoms with Crippen LogP contribution in [0.5, 0.6) is 5.75 Å². The van der Waals surface area contributed by atoms with E-state index in [4.69, 9.17) is 4.84 Å². The number of hydroxylamine groups is 1. The van der Waals surface area contributed by atoms with Crippen molar-refractivity contribution in [1.82, 2.24) is 5.48 Å². The first-order valence-corrected chi connectivity index (χ1v) is 3.79. The zero-order valence-electron chi connectivity index (χ0n) is 7.29. The normalized spacial score (nSPS) is 10.2. The maximum Gasteiger partial charge on any atom is 0.118 e. The second kappa shape index (κ2) is 4.09. The molecular formula is C9H13NO2. The zero-order chi connectivity index (χ0) is 8.97. The SMILES string of the molecule is CONCc1cccc(O)c1C. The lowest BCUT2D eigenvalue weighted by atomic mass is 10.1. The molecule has 1 rings (SSSR count). The number of phenols is 1. The first-order chi connectivity index (χ1) is 5.75. The molecular weight excluding hydrogens is 154 g/mol. The molecule has 3 nitrogen and oxygen atoms in total. The summed E-state index contributed by atoms with van der Waals surface area (Å²) in [5.74, 6) is 0.324. The molecule has 0 radical (unpaired) electrons. The summed E-state index contributed by atoms with van der Waals surface area (Å²) in [5, 5.41) is 9.33. The van der Waals surface area contributed by atoms with Gasteiger partial charge in [-0.3, -0.25) is 0 Å². The molecule has 0 aliphatic heterocycles. The van der Waals surface area contributed by atoms with Crippen molar-refractivity contribution < 1.29 is 9.94 Å². The molecule has 0 aliphatic carbocycles. The lowest BCUT2D eigenvalue weighted by Gasteiger charge is -2.06. The molecule has 0 fully saturated rings. The molecule has 2 N–H and O–H groups in total. The van der Waals surface area contributed by atoms with Crippen LogP contribution in [-0.4, -0.2) is 12.2 Å². The average Bonchev–Trinajstić information content (AvgIpc) is 2.08. The van der Waals surface area contributed by atoms with Gasteiger partial charge in [0.15, 0.2) is 0 Å². The maximum absolute atomic E-state index is 9.33. The smallest absolute Gasteiger partial charge is 0.118 e. The molecule has 0 bridgehead atoms. The number of hydrogen-bond donors (Lipinski definition) is 2. The minimum Gasteiger partial charge on any atom is -0.508 e. The van der Waals surface area contributed by atoms with Crippen LogP contribution in [-0.2, 0) is 11.4 Å². The van der Waals surface area contributed by atoms with Gasteiger partial charge in [-0.05, 0) is 24.1 Å². The van der Waals surface area contributed by atoms with Crippen LogP contribution < -0.4 is 5.48 Å². The fourth-order valence-corrected chi connectivity index (χ4v) is 1.01. The maximum atomic E-state index is 9.33. The third-order valence-corrected chi connectivity index (χ3v) is 1.82. The van der Waals surface area contributed by atoms with Crippen molar-refractivity contribution in [3.63, 3.8) is 0 Å². The Hall–Kier alpha value is -1.06. The molecule has 0 saturated carbocycles. The fourth-order valence-electron chi connectivity index (χ4n) is 1.01. The van der Waals surface area contributed by atoms with Gasteiger partial charge in [0, 0.05) is 6.54 Å². The van der Waals surface area contributed by atoms with Crippen LogP contribution in [0, 0.1) is 6.92 Å². The lowest BCUT2D eigenvalue weighted by Crippen LogP contribution is -2.11. The highest BCUT2D eigenvalue weighted by Crippen LogP contribution is 2.18.